The van der Waals surface area contributed by atoms with Crippen molar-refractivity contribution in [3.8, 4) is 33.8 Å². The molecule has 4 nitrogen and oxygen atoms in total. The van der Waals surface area contributed by atoms with Crippen molar-refractivity contribution in [2.45, 2.75) is 42.0 Å². The molecule has 6 aromatic carbocycles. The van der Waals surface area contributed by atoms with E-state index in [-0.39, 0.29) is 51.8 Å². The number of phenols is 1. The maximum atomic E-state index is 9.97. The van der Waals surface area contributed by atoms with Crippen LogP contribution in [0.4, 0.5) is 0 Å². The standard InChI is InChI=1S/C24H18BO2S.C22H15BO2S.CH4.W/c1-4-26-18-10-9-15(11-17(18)25)23-22-13(2)14(3)27-19(22)12-21-24(23)16-7-5-6-8-20(16)28-21;1-11-12(2)25-17-10-19-22(14-5-3-4-6-18(14)26-19)21(20(11)17)13-7-8-16(24)15(23)9-13;;/h4-12H,1-3H3;3-10,24H,1-2H3;1H4;/q-1;;;/i10D;8D;;. The zero-order valence-electron chi connectivity index (χ0n) is 32.7. The Kier molecular flexibility index (Phi) is 10.1. The van der Waals surface area contributed by atoms with Gasteiger partial charge in [-0.3, -0.25) is 0 Å². The third-order valence-corrected chi connectivity index (χ3v) is 12.5. The fourth-order valence-electron chi connectivity index (χ4n) is 7.56. The van der Waals surface area contributed by atoms with E-state index in [1.807, 2.05) is 38.1 Å². The molecule has 0 bridgehead atoms. The Bertz CT molecular complexity index is 3190. The Labute approximate surface area is 354 Å². The minimum Gasteiger partial charge on any atom is -0.663 e. The number of ether oxygens (including phenoxy) is 1. The van der Waals surface area contributed by atoms with Crippen LogP contribution >= 0.6 is 22.7 Å². The van der Waals surface area contributed by atoms with Gasteiger partial charge in [-0.1, -0.05) is 79.0 Å². The van der Waals surface area contributed by atoms with Crippen LogP contribution in [-0.2, 0) is 21.1 Å². The quantitative estimate of drug-likeness (QED) is 0.141. The molecule has 0 unspecified atom stereocenters. The second kappa shape index (κ2) is 15.3. The van der Waals surface area contributed by atoms with Gasteiger partial charge in [-0.05, 0) is 86.3 Å². The van der Waals surface area contributed by atoms with Crippen molar-refractivity contribution in [2.24, 2.45) is 0 Å². The van der Waals surface area contributed by atoms with Crippen LogP contribution in [0.1, 0.15) is 39.7 Å². The van der Waals surface area contributed by atoms with Gasteiger partial charge < -0.3 is 18.7 Å². The van der Waals surface area contributed by atoms with E-state index in [1.54, 1.807) is 41.7 Å². The van der Waals surface area contributed by atoms with Crippen LogP contribution < -0.4 is 15.7 Å². The summed E-state index contributed by atoms with van der Waals surface area (Å²) in [6, 6.07) is 28.4. The van der Waals surface area contributed by atoms with E-state index in [9.17, 15) is 5.11 Å². The molecule has 0 spiro atoms. The molecule has 274 valence electrons. The first-order valence-electron chi connectivity index (χ1n) is 18.6. The first-order chi connectivity index (χ1) is 26.9. The van der Waals surface area contributed by atoms with Gasteiger partial charge in [0.2, 0.25) is 0 Å². The average Bonchev–Trinajstić information content (AvgIpc) is 3.90. The van der Waals surface area contributed by atoms with Gasteiger partial charge in [0.1, 0.15) is 44.1 Å². The van der Waals surface area contributed by atoms with Gasteiger partial charge in [-0.25, -0.2) is 0 Å². The minimum absolute atomic E-state index is 0. The van der Waals surface area contributed by atoms with Gasteiger partial charge >= 0.3 is 0 Å². The summed E-state index contributed by atoms with van der Waals surface area (Å²) in [7, 11) is 12.3. The first kappa shape index (κ1) is 36.9. The van der Waals surface area contributed by atoms with Crippen molar-refractivity contribution in [2.75, 3.05) is 0 Å². The smallest absolute Gasteiger partial charge is 0.136 e. The third kappa shape index (κ3) is 6.36. The van der Waals surface area contributed by atoms with Crippen molar-refractivity contribution in [1.29, 1.82) is 0 Å². The summed E-state index contributed by atoms with van der Waals surface area (Å²) in [6.07, 6.45) is 0. The van der Waals surface area contributed by atoms with Crippen molar-refractivity contribution in [1.82, 2.24) is 0 Å². The Hall–Kier alpha value is -4.74. The molecule has 0 saturated carbocycles. The predicted octanol–water partition coefficient (Wildman–Crippen LogP) is 12.7. The van der Waals surface area contributed by atoms with Gasteiger partial charge in [-0.15, -0.1) is 22.7 Å². The molecule has 4 heterocycles. The zero-order chi connectivity index (χ0) is 39.2. The van der Waals surface area contributed by atoms with Crippen LogP contribution in [0, 0.1) is 34.3 Å². The topological polar surface area (TPSA) is 55.7 Å². The van der Waals surface area contributed by atoms with E-state index < -0.39 is 0 Å². The number of hydrogen-bond acceptors (Lipinski definition) is 6. The molecule has 0 aliphatic heterocycles. The molecule has 0 amide bonds. The second-order valence-electron chi connectivity index (χ2n) is 13.5. The van der Waals surface area contributed by atoms with Gasteiger partial charge in [-0.2, -0.15) is 13.5 Å². The monoisotopic (exact) mass is 937 g/mol. The zero-order valence-corrected chi connectivity index (χ0v) is 35.3. The molecule has 4 aromatic heterocycles. The number of furan rings is 2. The fraction of sp³-hybridized carbons (Fsp3) is 0.128. The van der Waals surface area contributed by atoms with Gasteiger partial charge in [0.25, 0.3) is 0 Å². The van der Waals surface area contributed by atoms with Crippen LogP contribution in [0.25, 0.3) is 84.5 Å². The van der Waals surface area contributed by atoms with E-state index in [2.05, 4.69) is 62.4 Å². The largest absolute Gasteiger partial charge is 0.663 e. The molecular formula is C47H37B2O4S2W-. The number of aromatic hydroxyl groups is 1. The van der Waals surface area contributed by atoms with Crippen LogP contribution in [0.3, 0.4) is 0 Å². The van der Waals surface area contributed by atoms with Crippen molar-refractivity contribution in [3.63, 3.8) is 0 Å². The summed E-state index contributed by atoms with van der Waals surface area (Å²) >= 11 is 3.48. The molecule has 10 aromatic rings. The molecule has 56 heavy (non-hydrogen) atoms. The van der Waals surface area contributed by atoms with Crippen LogP contribution in [0.5, 0.6) is 11.5 Å². The van der Waals surface area contributed by atoms with Crippen LogP contribution in [0.2, 0.25) is 0 Å². The average molecular weight is 937 g/mol. The molecule has 4 radical (unpaired) electrons. The Morgan fingerprint density at radius 3 is 1.57 bits per heavy atom. The van der Waals surface area contributed by atoms with Gasteiger partial charge in [0.05, 0.1) is 8.49 Å². The number of rotatable bonds is 4. The SMILES string of the molecule is C.[2H]c1cc(-c2c3c(C)c(C)oc3cc3sc4ccccc4c23)cc([B])c1O.[2H]c1cc(-c2c3c(C)c(C)oc3cc3sc4ccccc4c23)cc([B])c1O[CH-]C.[W]. The molecule has 10 rings (SSSR count). The summed E-state index contributed by atoms with van der Waals surface area (Å²) < 4.78 is 38.9. The number of thiophene rings is 2. The summed E-state index contributed by atoms with van der Waals surface area (Å²) in [4.78, 5) is 0. The van der Waals surface area contributed by atoms with E-state index in [1.165, 1.54) is 32.2 Å². The molecule has 0 fully saturated rings. The summed E-state index contributed by atoms with van der Waals surface area (Å²) in [5.74, 6) is 1.99. The first-order valence-corrected chi connectivity index (χ1v) is 19.2. The predicted molar refractivity (Wildman–Crippen MR) is 238 cm³/mol. The fourth-order valence-corrected chi connectivity index (χ4v) is 9.85. The van der Waals surface area contributed by atoms with Crippen LogP contribution in [-0.4, -0.2) is 20.8 Å². The number of aryl methyl sites for hydroxylation is 4. The second-order valence-corrected chi connectivity index (χ2v) is 15.6. The van der Waals surface area contributed by atoms with E-state index in [4.69, 9.17) is 32.0 Å². The van der Waals surface area contributed by atoms with Gasteiger partial charge in [0.15, 0.2) is 0 Å². The third-order valence-electron chi connectivity index (χ3n) is 10.3. The molecular weight excluding hydrogens is 898 g/mol. The molecule has 0 aliphatic rings. The molecule has 1 N–H and O–H groups in total. The maximum absolute atomic E-state index is 9.97. The molecule has 0 aliphatic carbocycles. The number of hydrogen-bond donors (Lipinski definition) is 1. The van der Waals surface area contributed by atoms with Crippen molar-refractivity contribution in [3.05, 3.63) is 126 Å². The van der Waals surface area contributed by atoms with E-state index in [0.717, 1.165) is 81.6 Å². The summed E-state index contributed by atoms with van der Waals surface area (Å²) in [5.41, 5.74) is 8.34. The number of phenolic OH excluding ortho intramolecular Hbond substituents is 1. The summed E-state index contributed by atoms with van der Waals surface area (Å²) in [6.45, 7) is 11.4. The van der Waals surface area contributed by atoms with Crippen molar-refractivity contribution >= 4 is 112 Å². The van der Waals surface area contributed by atoms with E-state index in [0.29, 0.717) is 11.2 Å². The van der Waals surface area contributed by atoms with Gasteiger partial charge in [0, 0.05) is 83.3 Å². The molecule has 0 saturated heterocycles. The van der Waals surface area contributed by atoms with Crippen molar-refractivity contribution < 1.29 is 42.5 Å². The molecule has 0 atom stereocenters. The minimum atomic E-state index is -0.183. The van der Waals surface area contributed by atoms with Crippen LogP contribution in [0.15, 0.2) is 106 Å². The molecule has 9 heteroatoms. The van der Waals surface area contributed by atoms with E-state index >= 15 is 0 Å². The number of benzene rings is 6. The Morgan fingerprint density at radius 1 is 0.643 bits per heavy atom. The Balaban J connectivity index is 0.000000171. The summed E-state index contributed by atoms with van der Waals surface area (Å²) in [5, 5.41) is 16.8. The normalized spacial score (nSPS) is 11.8. The number of fused-ring (bicyclic) bond motifs is 8. The Morgan fingerprint density at radius 2 is 1.11 bits per heavy atom. The maximum Gasteiger partial charge on any atom is 0.136 e.